The molecule has 2 heterocycles. The van der Waals surface area contributed by atoms with Gasteiger partial charge in [0.05, 0.1) is 39.0 Å². The van der Waals surface area contributed by atoms with E-state index in [0.717, 1.165) is 44.5 Å². The van der Waals surface area contributed by atoms with Crippen molar-refractivity contribution in [3.05, 3.63) is 241 Å². The Morgan fingerprint density at radius 1 is 0.290 bits per heavy atom. The van der Waals surface area contributed by atoms with Crippen LogP contribution in [0.3, 0.4) is 0 Å². The van der Waals surface area contributed by atoms with Gasteiger partial charge in [-0.2, -0.15) is 13.2 Å². The van der Waals surface area contributed by atoms with E-state index < -0.39 is 34.8 Å². The average molecular weight is 911 g/mol. The van der Waals surface area contributed by atoms with Crippen LogP contribution in [-0.2, 0) is 6.18 Å². The first kappa shape index (κ1) is 41.8. The summed E-state index contributed by atoms with van der Waals surface area (Å²) in [6, 6.07) is 64.7. The molecule has 0 spiro atoms. The van der Waals surface area contributed by atoms with Crippen LogP contribution in [0.5, 0.6) is 0 Å². The zero-order valence-electron chi connectivity index (χ0n) is 36.4. The van der Waals surface area contributed by atoms with Gasteiger partial charge in [-0.1, -0.05) is 146 Å². The highest BCUT2D eigenvalue weighted by Crippen LogP contribution is 2.48. The van der Waals surface area contributed by atoms with Gasteiger partial charge in [0, 0.05) is 33.7 Å². The minimum absolute atomic E-state index is 0.211. The Bertz CT molecular complexity index is 3510. The number of benzene rings is 10. The van der Waals surface area contributed by atoms with Crippen molar-refractivity contribution in [3.63, 3.8) is 0 Å². The Hall–Kier alpha value is -8.62. The first-order valence-corrected chi connectivity index (χ1v) is 22.4. The van der Waals surface area contributed by atoms with Gasteiger partial charge < -0.3 is 9.13 Å². The van der Waals surface area contributed by atoms with Crippen LogP contribution in [0.15, 0.2) is 218 Å². The molecule has 0 radical (unpaired) electrons. The lowest BCUT2D eigenvalue weighted by atomic mass is 9.98. The van der Waals surface area contributed by atoms with E-state index in [1.54, 1.807) is 24.3 Å². The fourth-order valence-electron chi connectivity index (χ4n) is 10.0. The standard InChI is InChI=1S/C61H36F6N2/c62-46-35-51(63)59(52(64)36-46)45-33-57(68-53-25-21-41(37-13-5-1-6-14-37)29-47(53)48-30-42(22-26-54(48)68)38-15-7-2-8-16-38)60(61(65,66)67)58(34-45)69-55-27-23-43(39-17-9-3-10-18-39)31-49(55)50-32-44(24-28-56(50)69)40-19-11-4-12-20-40/h1-36H. The van der Waals surface area contributed by atoms with Gasteiger partial charge in [0.1, 0.15) is 23.0 Å². The summed E-state index contributed by atoms with van der Waals surface area (Å²) in [5, 5.41) is 2.67. The van der Waals surface area contributed by atoms with Gasteiger partial charge in [-0.25, -0.2) is 13.2 Å². The second-order valence-electron chi connectivity index (χ2n) is 17.2. The van der Waals surface area contributed by atoms with Crippen molar-refractivity contribution >= 4 is 43.6 Å². The molecule has 2 nitrogen and oxygen atoms in total. The SMILES string of the molecule is Fc1cc(F)c(-c2cc(-n3c4ccc(-c5ccccc5)cc4c4cc(-c5ccccc5)ccc43)c(C(F)(F)F)c(-n3c4ccc(-c5ccccc5)cc4c4cc(-c5ccccc5)ccc43)c2)c(F)c1. The van der Waals surface area contributed by atoms with Crippen molar-refractivity contribution in [2.75, 3.05) is 0 Å². The molecule has 12 rings (SSSR count). The fourth-order valence-corrected chi connectivity index (χ4v) is 10.0. The third-order valence-electron chi connectivity index (χ3n) is 13.1. The molecule has 332 valence electrons. The molecule has 12 aromatic rings. The molecule has 0 saturated carbocycles. The van der Waals surface area contributed by atoms with Crippen molar-refractivity contribution in [1.29, 1.82) is 0 Å². The summed E-state index contributed by atoms with van der Waals surface area (Å²) >= 11 is 0. The van der Waals surface area contributed by atoms with Crippen LogP contribution in [0.1, 0.15) is 5.56 Å². The van der Waals surface area contributed by atoms with Crippen molar-refractivity contribution in [2.24, 2.45) is 0 Å². The average Bonchev–Trinajstić information content (AvgIpc) is 3.87. The van der Waals surface area contributed by atoms with Crippen LogP contribution in [0.25, 0.3) is 111 Å². The smallest absolute Gasteiger partial charge is 0.309 e. The van der Waals surface area contributed by atoms with Crippen molar-refractivity contribution in [3.8, 4) is 67.0 Å². The second-order valence-corrected chi connectivity index (χ2v) is 17.2. The zero-order valence-corrected chi connectivity index (χ0v) is 36.4. The number of nitrogens with zero attached hydrogens (tertiary/aromatic N) is 2. The quantitative estimate of drug-likeness (QED) is 0.141. The summed E-state index contributed by atoms with van der Waals surface area (Å²) in [6.07, 6.45) is -5.04. The van der Waals surface area contributed by atoms with E-state index in [1.165, 1.54) is 21.3 Å². The zero-order chi connectivity index (χ0) is 47.0. The molecule has 0 aliphatic rings. The molecule has 8 heteroatoms. The number of hydrogen-bond acceptors (Lipinski definition) is 0. The molecule has 0 unspecified atom stereocenters. The largest absolute Gasteiger partial charge is 0.420 e. The number of rotatable bonds is 7. The first-order chi connectivity index (χ1) is 33.6. The summed E-state index contributed by atoms with van der Waals surface area (Å²) in [7, 11) is 0. The third-order valence-corrected chi connectivity index (χ3v) is 13.1. The van der Waals surface area contributed by atoms with Crippen LogP contribution in [-0.4, -0.2) is 9.13 Å². The highest BCUT2D eigenvalue weighted by atomic mass is 19.4. The molecule has 0 aliphatic heterocycles. The van der Waals surface area contributed by atoms with Gasteiger partial charge in [0.15, 0.2) is 0 Å². The van der Waals surface area contributed by atoms with Crippen LogP contribution in [0.2, 0.25) is 0 Å². The summed E-state index contributed by atoms with van der Waals surface area (Å²) in [4.78, 5) is 0. The summed E-state index contributed by atoms with van der Waals surface area (Å²) in [5.41, 5.74) is 6.17. The number of aromatic nitrogens is 2. The Kier molecular flexibility index (Phi) is 9.88. The van der Waals surface area contributed by atoms with Crippen LogP contribution in [0, 0.1) is 17.5 Å². The number of alkyl halides is 3. The Morgan fingerprint density at radius 3 is 0.855 bits per heavy atom. The van der Waals surface area contributed by atoms with Gasteiger partial charge in [-0.3, -0.25) is 0 Å². The van der Waals surface area contributed by atoms with Gasteiger partial charge >= 0.3 is 6.18 Å². The van der Waals surface area contributed by atoms with Gasteiger partial charge in [-0.05, 0) is 111 Å². The maximum atomic E-state index is 16.8. The summed E-state index contributed by atoms with van der Waals surface area (Å²) in [6.45, 7) is 0. The van der Waals surface area contributed by atoms with Crippen LogP contribution < -0.4 is 0 Å². The molecule has 0 N–H and O–H groups in total. The highest BCUT2D eigenvalue weighted by Gasteiger charge is 2.40. The molecule has 10 aromatic carbocycles. The first-order valence-electron chi connectivity index (χ1n) is 22.4. The number of halogens is 6. The fraction of sp³-hybridized carbons (Fsp3) is 0.0164. The lowest BCUT2D eigenvalue weighted by Crippen LogP contribution is -2.16. The molecule has 2 aromatic heterocycles. The second kappa shape index (κ2) is 16.3. The van der Waals surface area contributed by atoms with E-state index in [9.17, 15) is 4.39 Å². The maximum absolute atomic E-state index is 16.8. The monoisotopic (exact) mass is 910 g/mol. The molecule has 0 fully saturated rings. The molecule has 0 aliphatic carbocycles. The Labute approximate surface area is 392 Å². The maximum Gasteiger partial charge on any atom is 0.420 e. The molecular formula is C61H36F6N2. The van der Waals surface area contributed by atoms with Crippen LogP contribution in [0.4, 0.5) is 26.3 Å². The predicted octanol–water partition coefficient (Wildman–Crippen LogP) is 17.7. The minimum Gasteiger partial charge on any atom is -0.309 e. The van der Waals surface area contributed by atoms with E-state index in [4.69, 9.17) is 0 Å². The van der Waals surface area contributed by atoms with Gasteiger partial charge in [0.25, 0.3) is 0 Å². The Balaban J connectivity index is 1.23. The Morgan fingerprint density at radius 2 is 0.580 bits per heavy atom. The van der Waals surface area contributed by atoms with E-state index >= 15 is 22.0 Å². The van der Waals surface area contributed by atoms with E-state index in [0.29, 0.717) is 55.7 Å². The van der Waals surface area contributed by atoms with Crippen molar-refractivity contribution in [1.82, 2.24) is 9.13 Å². The van der Waals surface area contributed by atoms with Crippen molar-refractivity contribution in [2.45, 2.75) is 6.18 Å². The molecular weight excluding hydrogens is 875 g/mol. The lowest BCUT2D eigenvalue weighted by Gasteiger charge is -2.23. The third kappa shape index (κ3) is 7.15. The number of fused-ring (bicyclic) bond motifs is 6. The molecule has 0 atom stereocenters. The van der Waals surface area contributed by atoms with Crippen LogP contribution >= 0.6 is 0 Å². The van der Waals surface area contributed by atoms with Gasteiger partial charge in [-0.15, -0.1) is 0 Å². The topological polar surface area (TPSA) is 9.86 Å². The predicted molar refractivity (Wildman–Crippen MR) is 267 cm³/mol. The molecule has 0 amide bonds. The van der Waals surface area contributed by atoms with E-state index in [-0.39, 0.29) is 16.9 Å². The molecule has 69 heavy (non-hydrogen) atoms. The molecule has 0 saturated heterocycles. The van der Waals surface area contributed by atoms with Crippen molar-refractivity contribution < 1.29 is 26.3 Å². The normalized spacial score (nSPS) is 11.9. The summed E-state index contributed by atoms with van der Waals surface area (Å²) in [5.74, 6) is -3.67. The summed E-state index contributed by atoms with van der Waals surface area (Å²) < 4.78 is 100. The minimum atomic E-state index is -5.04. The molecule has 0 bridgehead atoms. The number of hydrogen-bond donors (Lipinski definition) is 0. The lowest BCUT2D eigenvalue weighted by molar-refractivity contribution is -0.137. The van der Waals surface area contributed by atoms with Gasteiger partial charge in [0.2, 0.25) is 0 Å². The van der Waals surface area contributed by atoms with E-state index in [2.05, 4.69) is 0 Å². The van der Waals surface area contributed by atoms with E-state index in [1.807, 2.05) is 170 Å². The highest BCUT2D eigenvalue weighted by molar-refractivity contribution is 6.13.